The third kappa shape index (κ3) is 3.52. The molecule has 0 saturated heterocycles. The molecule has 124 valence electrons. The number of amides is 1. The van der Waals surface area contributed by atoms with Crippen molar-refractivity contribution in [2.45, 2.75) is 57.9 Å². The highest BCUT2D eigenvalue weighted by Gasteiger charge is 2.28. The molecule has 1 fully saturated rings. The van der Waals surface area contributed by atoms with Crippen LogP contribution in [0.25, 0.3) is 11.1 Å². The van der Waals surface area contributed by atoms with Crippen molar-refractivity contribution in [3.63, 3.8) is 0 Å². The summed E-state index contributed by atoms with van der Waals surface area (Å²) in [6.45, 7) is 4.57. The summed E-state index contributed by atoms with van der Waals surface area (Å²) in [5, 5.41) is 7.83. The molecular formula is C17H24N4O2. The van der Waals surface area contributed by atoms with Crippen LogP contribution in [0.1, 0.15) is 67.2 Å². The minimum absolute atomic E-state index is 0.0704. The fourth-order valence-electron chi connectivity index (χ4n) is 2.71. The van der Waals surface area contributed by atoms with E-state index < -0.39 is 0 Å². The van der Waals surface area contributed by atoms with E-state index in [4.69, 9.17) is 10.3 Å². The van der Waals surface area contributed by atoms with Crippen molar-refractivity contribution in [3.8, 4) is 0 Å². The van der Waals surface area contributed by atoms with Gasteiger partial charge in [0.15, 0.2) is 0 Å². The molecule has 3 rings (SSSR count). The highest BCUT2D eigenvalue weighted by Crippen LogP contribution is 2.40. The van der Waals surface area contributed by atoms with Crippen molar-refractivity contribution in [3.05, 3.63) is 23.0 Å². The van der Waals surface area contributed by atoms with Crippen molar-refractivity contribution in [2.75, 3.05) is 6.54 Å². The van der Waals surface area contributed by atoms with Crippen molar-refractivity contribution < 1.29 is 9.32 Å². The van der Waals surface area contributed by atoms with Crippen LogP contribution in [0.5, 0.6) is 0 Å². The maximum Gasteiger partial charge on any atom is 0.259 e. The zero-order valence-electron chi connectivity index (χ0n) is 13.8. The molecular weight excluding hydrogens is 292 g/mol. The molecule has 6 heteroatoms. The molecule has 1 amide bonds. The Kier molecular flexibility index (Phi) is 4.61. The number of rotatable bonds is 7. The van der Waals surface area contributed by atoms with E-state index in [-0.39, 0.29) is 11.9 Å². The Hall–Kier alpha value is -1.95. The zero-order chi connectivity index (χ0) is 16.4. The SMILES string of the molecule is CCCc1noc2nc(C3CC3)cc(C(=O)NCCC(C)N)c12. The van der Waals surface area contributed by atoms with Gasteiger partial charge < -0.3 is 15.6 Å². The molecule has 1 atom stereocenters. The first-order valence-electron chi connectivity index (χ1n) is 8.43. The molecule has 0 radical (unpaired) electrons. The summed E-state index contributed by atoms with van der Waals surface area (Å²) in [5.74, 6) is 0.357. The number of hydrogen-bond donors (Lipinski definition) is 2. The first-order chi connectivity index (χ1) is 11.1. The molecule has 6 nitrogen and oxygen atoms in total. The molecule has 2 aromatic rings. The summed E-state index contributed by atoms with van der Waals surface area (Å²) in [7, 11) is 0. The second kappa shape index (κ2) is 6.66. The molecule has 1 saturated carbocycles. The monoisotopic (exact) mass is 316 g/mol. The van der Waals surface area contributed by atoms with Gasteiger partial charge in [0.05, 0.1) is 16.6 Å². The van der Waals surface area contributed by atoms with Gasteiger partial charge in [-0.25, -0.2) is 4.98 Å². The lowest BCUT2D eigenvalue weighted by Crippen LogP contribution is -2.29. The van der Waals surface area contributed by atoms with E-state index in [1.165, 1.54) is 0 Å². The van der Waals surface area contributed by atoms with Gasteiger partial charge in [-0.05, 0) is 38.7 Å². The van der Waals surface area contributed by atoms with Gasteiger partial charge >= 0.3 is 0 Å². The van der Waals surface area contributed by atoms with Crippen LogP contribution in [-0.4, -0.2) is 28.6 Å². The van der Waals surface area contributed by atoms with Crippen LogP contribution < -0.4 is 11.1 Å². The number of nitrogens with one attached hydrogen (secondary N) is 1. The largest absolute Gasteiger partial charge is 0.352 e. The molecule has 1 aliphatic carbocycles. The third-order valence-electron chi connectivity index (χ3n) is 4.15. The average molecular weight is 316 g/mol. The van der Waals surface area contributed by atoms with Gasteiger partial charge in [-0.15, -0.1) is 0 Å². The van der Waals surface area contributed by atoms with E-state index in [2.05, 4.69) is 22.4 Å². The summed E-state index contributed by atoms with van der Waals surface area (Å²) in [6, 6.07) is 1.98. The second-order valence-corrected chi connectivity index (χ2v) is 6.45. The average Bonchev–Trinajstić information content (AvgIpc) is 3.29. The number of carbonyl (C=O) groups is 1. The van der Waals surface area contributed by atoms with Crippen molar-refractivity contribution >= 4 is 17.0 Å². The summed E-state index contributed by atoms with van der Waals surface area (Å²) in [6.07, 6.45) is 4.72. The number of pyridine rings is 1. The van der Waals surface area contributed by atoms with Gasteiger partial charge in [0, 0.05) is 24.2 Å². The van der Waals surface area contributed by atoms with Gasteiger partial charge in [-0.2, -0.15) is 0 Å². The highest BCUT2D eigenvalue weighted by atomic mass is 16.5. The van der Waals surface area contributed by atoms with Crippen LogP contribution in [0.15, 0.2) is 10.6 Å². The molecule has 0 aromatic carbocycles. The summed E-state index contributed by atoms with van der Waals surface area (Å²) in [4.78, 5) is 17.2. The smallest absolute Gasteiger partial charge is 0.259 e. The Labute approximate surface area is 135 Å². The first-order valence-corrected chi connectivity index (χ1v) is 8.43. The number of aryl methyl sites for hydroxylation is 1. The number of aromatic nitrogens is 2. The Balaban J connectivity index is 1.94. The minimum atomic E-state index is -0.0968. The number of hydrogen-bond acceptors (Lipinski definition) is 5. The number of nitrogens with two attached hydrogens (primary N) is 1. The van der Waals surface area contributed by atoms with Crippen molar-refractivity contribution in [1.29, 1.82) is 0 Å². The lowest BCUT2D eigenvalue weighted by molar-refractivity contribution is 0.0954. The first kappa shape index (κ1) is 15.9. The molecule has 1 aliphatic rings. The predicted octanol–water partition coefficient (Wildman–Crippen LogP) is 2.52. The van der Waals surface area contributed by atoms with Crippen molar-refractivity contribution in [2.24, 2.45) is 5.73 Å². The van der Waals surface area contributed by atoms with Crippen LogP contribution in [-0.2, 0) is 6.42 Å². The van der Waals surface area contributed by atoms with Crippen LogP contribution in [0.2, 0.25) is 0 Å². The van der Waals surface area contributed by atoms with E-state index in [1.54, 1.807) is 0 Å². The number of fused-ring (bicyclic) bond motifs is 1. The van der Waals surface area contributed by atoms with Gasteiger partial charge in [-0.1, -0.05) is 18.5 Å². The Morgan fingerprint density at radius 2 is 2.30 bits per heavy atom. The lowest BCUT2D eigenvalue weighted by atomic mass is 10.0. The van der Waals surface area contributed by atoms with Gasteiger partial charge in [0.2, 0.25) is 0 Å². The van der Waals surface area contributed by atoms with Gasteiger partial charge in [0.1, 0.15) is 0 Å². The summed E-state index contributed by atoms with van der Waals surface area (Å²) >= 11 is 0. The molecule has 1 unspecified atom stereocenters. The second-order valence-electron chi connectivity index (χ2n) is 6.45. The van der Waals surface area contributed by atoms with Gasteiger partial charge in [-0.3, -0.25) is 4.79 Å². The summed E-state index contributed by atoms with van der Waals surface area (Å²) in [5.41, 5.74) is 8.61. The molecule has 2 heterocycles. The molecule has 2 aromatic heterocycles. The Morgan fingerprint density at radius 3 is 2.96 bits per heavy atom. The molecule has 3 N–H and O–H groups in total. The normalized spacial score (nSPS) is 15.8. The Morgan fingerprint density at radius 1 is 1.52 bits per heavy atom. The maximum atomic E-state index is 12.6. The van der Waals surface area contributed by atoms with Crippen LogP contribution in [0.4, 0.5) is 0 Å². The van der Waals surface area contributed by atoms with Crippen molar-refractivity contribution in [1.82, 2.24) is 15.5 Å². The molecule has 0 bridgehead atoms. The van der Waals surface area contributed by atoms with Crippen LogP contribution >= 0.6 is 0 Å². The molecule has 23 heavy (non-hydrogen) atoms. The van der Waals surface area contributed by atoms with Crippen LogP contribution in [0, 0.1) is 0 Å². The van der Waals surface area contributed by atoms with Crippen LogP contribution in [0.3, 0.4) is 0 Å². The number of carbonyl (C=O) groups excluding carboxylic acids is 1. The number of nitrogens with zero attached hydrogens (tertiary/aromatic N) is 2. The third-order valence-corrected chi connectivity index (χ3v) is 4.15. The van der Waals surface area contributed by atoms with E-state index in [1.807, 2.05) is 13.0 Å². The highest BCUT2D eigenvalue weighted by molar-refractivity contribution is 6.06. The fourth-order valence-corrected chi connectivity index (χ4v) is 2.71. The molecule has 0 spiro atoms. The predicted molar refractivity (Wildman–Crippen MR) is 88.4 cm³/mol. The van der Waals surface area contributed by atoms with E-state index >= 15 is 0 Å². The zero-order valence-corrected chi connectivity index (χ0v) is 13.8. The van der Waals surface area contributed by atoms with Gasteiger partial charge in [0.25, 0.3) is 11.6 Å². The standard InChI is InChI=1S/C17H24N4O2/c1-3-4-13-15-12(16(22)19-8-7-10(2)18)9-14(11-5-6-11)20-17(15)23-21-13/h9-11H,3-8,18H2,1-2H3,(H,19,22). The topological polar surface area (TPSA) is 94.0 Å². The lowest BCUT2D eigenvalue weighted by Gasteiger charge is -2.09. The summed E-state index contributed by atoms with van der Waals surface area (Å²) < 4.78 is 5.39. The fraction of sp³-hybridized carbons (Fsp3) is 0.588. The van der Waals surface area contributed by atoms with E-state index in [9.17, 15) is 4.79 Å². The quantitative estimate of drug-likeness (QED) is 0.818. The van der Waals surface area contributed by atoms with E-state index in [0.717, 1.165) is 48.9 Å². The molecule has 0 aliphatic heterocycles. The van der Waals surface area contributed by atoms with E-state index in [0.29, 0.717) is 23.7 Å². The minimum Gasteiger partial charge on any atom is -0.352 e. The maximum absolute atomic E-state index is 12.6. The Bertz CT molecular complexity index is 704.